The first-order valence-corrected chi connectivity index (χ1v) is 8.28. The van der Waals surface area contributed by atoms with Gasteiger partial charge in [-0.15, -0.1) is 0 Å². The van der Waals surface area contributed by atoms with Crippen molar-refractivity contribution in [3.63, 3.8) is 0 Å². The molecule has 1 aliphatic heterocycles. The maximum Gasteiger partial charge on any atom is 0.280 e. The van der Waals surface area contributed by atoms with Crippen molar-refractivity contribution in [2.75, 3.05) is 5.01 Å². The molecule has 0 saturated carbocycles. The normalized spacial score (nSPS) is 17.0. The van der Waals surface area contributed by atoms with Crippen LogP contribution in [0.2, 0.25) is 10.0 Å². The van der Waals surface area contributed by atoms with Crippen molar-refractivity contribution in [1.29, 1.82) is 0 Å². The Kier molecular flexibility index (Phi) is 5.01. The first-order valence-electron chi connectivity index (χ1n) is 7.52. The second kappa shape index (κ2) is 7.23. The van der Waals surface area contributed by atoms with Gasteiger partial charge in [-0.3, -0.25) is 9.59 Å². The fourth-order valence-corrected chi connectivity index (χ4v) is 2.89. The Bertz CT molecular complexity index is 958. The molecule has 0 aliphatic carbocycles. The third-order valence-electron chi connectivity index (χ3n) is 3.68. The predicted octanol–water partition coefficient (Wildman–Crippen LogP) is 3.97. The van der Waals surface area contributed by atoms with Crippen LogP contribution in [0.25, 0.3) is 0 Å². The largest absolute Gasteiger partial charge is 0.366 e. The van der Waals surface area contributed by atoms with Crippen molar-refractivity contribution in [2.24, 2.45) is 21.1 Å². The minimum Gasteiger partial charge on any atom is -0.366 e. The van der Waals surface area contributed by atoms with E-state index in [4.69, 9.17) is 28.9 Å². The molecule has 0 fully saturated rings. The molecule has 2 N–H and O–H groups in total. The summed E-state index contributed by atoms with van der Waals surface area (Å²) >= 11 is 12.0. The van der Waals surface area contributed by atoms with Gasteiger partial charge >= 0.3 is 0 Å². The highest BCUT2D eigenvalue weighted by Gasteiger charge is 2.35. The predicted molar refractivity (Wildman–Crippen MR) is 100 cm³/mol. The van der Waals surface area contributed by atoms with Gasteiger partial charge in [0.05, 0.1) is 27.7 Å². The number of carbonyl (C=O) groups excluding carboxylic acids is 2. The van der Waals surface area contributed by atoms with Crippen LogP contribution in [0.4, 0.5) is 11.4 Å². The Morgan fingerprint density at radius 2 is 1.96 bits per heavy atom. The average molecular weight is 390 g/mol. The van der Waals surface area contributed by atoms with Crippen LogP contribution < -0.4 is 10.7 Å². The van der Waals surface area contributed by atoms with Crippen LogP contribution >= 0.6 is 23.2 Å². The number of hydrogen-bond donors (Lipinski definition) is 1. The van der Waals surface area contributed by atoms with E-state index in [-0.39, 0.29) is 11.3 Å². The molecule has 0 saturated heterocycles. The number of hydrogen-bond acceptors (Lipinski definition) is 5. The number of anilines is 1. The minimum absolute atomic E-state index is 0.217. The summed E-state index contributed by atoms with van der Waals surface area (Å²) in [6.45, 7) is 1.66. The van der Waals surface area contributed by atoms with Crippen LogP contribution in [0, 0.1) is 0 Å². The fraction of sp³-hybridized carbons (Fsp3) is 0.118. The molecule has 0 aromatic heterocycles. The number of carbonyl (C=O) groups is 2. The lowest BCUT2D eigenvalue weighted by atomic mass is 10.2. The molecule has 1 aliphatic rings. The Labute approximate surface area is 159 Å². The van der Waals surface area contributed by atoms with Gasteiger partial charge in [0.1, 0.15) is 0 Å². The molecular weight excluding hydrogens is 377 g/mol. The van der Waals surface area contributed by atoms with Gasteiger partial charge in [0.25, 0.3) is 11.8 Å². The van der Waals surface area contributed by atoms with Gasteiger partial charge in [-0.05, 0) is 37.3 Å². The van der Waals surface area contributed by atoms with Gasteiger partial charge in [0.15, 0.2) is 6.04 Å². The molecule has 1 unspecified atom stereocenters. The molecule has 132 valence electrons. The van der Waals surface area contributed by atoms with Crippen molar-refractivity contribution < 1.29 is 9.59 Å². The van der Waals surface area contributed by atoms with Gasteiger partial charge in [-0.2, -0.15) is 20.3 Å². The minimum atomic E-state index is -0.914. The number of nitrogens with zero attached hydrogens (tertiary/aromatic N) is 4. The highest BCUT2D eigenvalue weighted by atomic mass is 35.5. The lowest BCUT2D eigenvalue weighted by Crippen LogP contribution is -2.29. The molecule has 0 bridgehead atoms. The van der Waals surface area contributed by atoms with Gasteiger partial charge in [0.2, 0.25) is 0 Å². The number of hydrazone groups is 1. The Morgan fingerprint density at radius 1 is 1.23 bits per heavy atom. The van der Waals surface area contributed by atoms with E-state index >= 15 is 0 Å². The summed E-state index contributed by atoms with van der Waals surface area (Å²) in [5.74, 6) is -1.04. The van der Waals surface area contributed by atoms with Crippen molar-refractivity contribution in [3.8, 4) is 0 Å². The van der Waals surface area contributed by atoms with E-state index in [0.717, 1.165) is 5.01 Å². The number of benzene rings is 2. The fourth-order valence-electron chi connectivity index (χ4n) is 2.40. The second-order valence-electron chi connectivity index (χ2n) is 5.49. The monoisotopic (exact) mass is 389 g/mol. The molecule has 2 amide bonds. The standard InChI is InChI=1S/C17H13Cl2N5O2/c1-9-15(22-21-13-5-3-2-4-11(13)16(20)25)17(26)24(23-9)14-7-6-10(18)8-12(14)19/h2-8,15H,1H3,(H2,20,25). The molecule has 2 aromatic rings. The Hall–Kier alpha value is -2.77. The van der Waals surface area contributed by atoms with Crippen LogP contribution in [0.3, 0.4) is 0 Å². The summed E-state index contributed by atoms with van der Waals surface area (Å²) in [6.07, 6.45) is 0. The van der Waals surface area contributed by atoms with Crippen LogP contribution in [-0.4, -0.2) is 23.6 Å². The first-order chi connectivity index (χ1) is 12.4. The maximum atomic E-state index is 12.7. The third kappa shape index (κ3) is 3.44. The molecule has 3 rings (SSSR count). The molecule has 2 aromatic carbocycles. The van der Waals surface area contributed by atoms with Gasteiger partial charge < -0.3 is 5.73 Å². The summed E-state index contributed by atoms with van der Waals surface area (Å²) in [5.41, 5.74) is 6.66. The Morgan fingerprint density at radius 3 is 2.65 bits per heavy atom. The van der Waals surface area contributed by atoms with E-state index in [1.54, 1.807) is 37.3 Å². The van der Waals surface area contributed by atoms with Gasteiger partial charge in [0, 0.05) is 5.02 Å². The molecule has 9 heteroatoms. The van der Waals surface area contributed by atoms with Crippen molar-refractivity contribution in [3.05, 3.63) is 58.1 Å². The van der Waals surface area contributed by atoms with E-state index in [1.807, 2.05) is 0 Å². The van der Waals surface area contributed by atoms with Crippen molar-refractivity contribution in [1.82, 2.24) is 0 Å². The van der Waals surface area contributed by atoms with E-state index in [2.05, 4.69) is 15.3 Å². The third-order valence-corrected chi connectivity index (χ3v) is 4.22. The number of rotatable bonds is 4. The number of halogens is 2. The topological polar surface area (TPSA) is 100 Å². The molecular formula is C17H13Cl2N5O2. The molecule has 1 atom stereocenters. The quantitative estimate of drug-likeness (QED) is 0.799. The zero-order valence-corrected chi connectivity index (χ0v) is 15.1. The van der Waals surface area contributed by atoms with E-state index in [9.17, 15) is 9.59 Å². The van der Waals surface area contributed by atoms with Crippen LogP contribution in [0.15, 0.2) is 57.8 Å². The first kappa shape index (κ1) is 18.0. The molecule has 0 radical (unpaired) electrons. The summed E-state index contributed by atoms with van der Waals surface area (Å²) in [7, 11) is 0. The molecule has 26 heavy (non-hydrogen) atoms. The van der Waals surface area contributed by atoms with E-state index in [1.165, 1.54) is 12.1 Å². The van der Waals surface area contributed by atoms with E-state index < -0.39 is 17.9 Å². The number of primary amides is 1. The number of nitrogens with two attached hydrogens (primary N) is 1. The maximum absolute atomic E-state index is 12.7. The zero-order valence-electron chi connectivity index (χ0n) is 13.6. The lowest BCUT2D eigenvalue weighted by Gasteiger charge is -2.14. The summed E-state index contributed by atoms with van der Waals surface area (Å²) in [5, 5.41) is 14.2. The SMILES string of the molecule is CC1=NN(c2ccc(Cl)cc2Cl)C(=O)C1N=Nc1ccccc1C(N)=O. The summed E-state index contributed by atoms with van der Waals surface area (Å²) in [6, 6.07) is 10.3. The Balaban J connectivity index is 1.88. The molecule has 7 nitrogen and oxygen atoms in total. The number of azo groups is 1. The number of amides is 2. The average Bonchev–Trinajstić information content (AvgIpc) is 2.87. The highest BCUT2D eigenvalue weighted by Crippen LogP contribution is 2.32. The van der Waals surface area contributed by atoms with Gasteiger partial charge in [-0.25, -0.2) is 0 Å². The molecule has 0 spiro atoms. The highest BCUT2D eigenvalue weighted by molar-refractivity contribution is 6.37. The van der Waals surface area contributed by atoms with Crippen LogP contribution in [-0.2, 0) is 4.79 Å². The van der Waals surface area contributed by atoms with Gasteiger partial charge in [-0.1, -0.05) is 35.3 Å². The smallest absolute Gasteiger partial charge is 0.280 e. The lowest BCUT2D eigenvalue weighted by molar-refractivity contribution is -0.117. The van der Waals surface area contributed by atoms with Crippen molar-refractivity contribution in [2.45, 2.75) is 13.0 Å². The van der Waals surface area contributed by atoms with Crippen LogP contribution in [0.1, 0.15) is 17.3 Å². The van der Waals surface area contributed by atoms with Crippen LogP contribution in [0.5, 0.6) is 0 Å². The van der Waals surface area contributed by atoms with Crippen molar-refractivity contribution >= 4 is 52.1 Å². The zero-order chi connectivity index (χ0) is 18.8. The molecule has 1 heterocycles. The summed E-state index contributed by atoms with van der Waals surface area (Å²) < 4.78 is 0. The second-order valence-corrected chi connectivity index (χ2v) is 6.33. The van der Waals surface area contributed by atoms with E-state index in [0.29, 0.717) is 21.4 Å². The summed E-state index contributed by atoms with van der Waals surface area (Å²) in [4.78, 5) is 24.1.